The molecule has 0 spiro atoms. The Bertz CT molecular complexity index is 460. The Hall–Kier alpha value is -0.0425. The summed E-state index contributed by atoms with van der Waals surface area (Å²) in [4.78, 5) is 0. The minimum atomic E-state index is -2.98. The van der Waals surface area contributed by atoms with Crippen molar-refractivity contribution in [3.8, 4) is 0 Å². The van der Waals surface area contributed by atoms with Gasteiger partial charge in [0, 0.05) is 0 Å². The van der Waals surface area contributed by atoms with Crippen LogP contribution in [0.2, 0.25) is 58.9 Å². The van der Waals surface area contributed by atoms with Gasteiger partial charge in [0.1, 0.15) is 12.4 Å². The Morgan fingerprint density at radius 3 is 1.32 bits per heavy atom. The number of hydrogen-bond acceptors (Lipinski definition) is 3. The summed E-state index contributed by atoms with van der Waals surface area (Å²) in [6.07, 6.45) is 6.05. The van der Waals surface area contributed by atoms with Crippen LogP contribution in [0.3, 0.4) is 0 Å². The number of rotatable bonds is 7. The summed E-state index contributed by atoms with van der Waals surface area (Å²) in [6, 6.07) is 0. The van der Waals surface area contributed by atoms with E-state index in [0.29, 0.717) is 0 Å². The molecule has 1 rings (SSSR count). The normalized spacial score (nSPS) is 14.5. The quantitative estimate of drug-likeness (QED) is 0.541. The molecular weight excluding hydrogens is 344 g/mol. The summed E-state index contributed by atoms with van der Waals surface area (Å²) in [5.74, 6) is 0. The summed E-state index contributed by atoms with van der Waals surface area (Å²) in [5, 5.41) is 0. The van der Waals surface area contributed by atoms with Crippen LogP contribution in [0.25, 0.3) is 0 Å². The Kier molecular flexibility index (Phi) is 5.87. The molecule has 0 unspecified atom stereocenters. The summed E-state index contributed by atoms with van der Waals surface area (Å²) in [7, 11) is -6.49. The average Bonchev–Trinajstić information content (AvgIpc) is 2.56. The molecule has 22 heavy (non-hydrogen) atoms. The van der Waals surface area contributed by atoms with Crippen LogP contribution in [0.5, 0.6) is 0 Å². The molecule has 9 heteroatoms. The van der Waals surface area contributed by atoms with Gasteiger partial charge >= 0.3 is 8.97 Å². The van der Waals surface area contributed by atoms with E-state index < -0.39 is 33.9 Å². The lowest BCUT2D eigenvalue weighted by Gasteiger charge is -2.38. The largest absolute Gasteiger partial charge is 0.725 e. The smallest absolute Gasteiger partial charge is 0.382 e. The molecule has 0 N–H and O–H groups in total. The van der Waals surface area contributed by atoms with E-state index in [9.17, 15) is 0 Å². The first-order chi connectivity index (χ1) is 9.62. The maximum absolute atomic E-state index is 6.63. The van der Waals surface area contributed by atoms with Crippen molar-refractivity contribution >= 4 is 33.9 Å². The molecule has 0 saturated carbocycles. The van der Waals surface area contributed by atoms with Gasteiger partial charge in [-0.1, -0.05) is 0 Å². The summed E-state index contributed by atoms with van der Waals surface area (Å²) in [5.41, 5.74) is 0. The van der Waals surface area contributed by atoms with Gasteiger partial charge in [-0.25, -0.2) is 8.80 Å². The van der Waals surface area contributed by atoms with Gasteiger partial charge in [0.2, 0.25) is 6.33 Å². The van der Waals surface area contributed by atoms with Crippen molar-refractivity contribution in [3.63, 3.8) is 0 Å². The second-order valence-corrected chi connectivity index (χ2v) is 25.3. The van der Waals surface area contributed by atoms with Gasteiger partial charge in [0.05, 0.1) is 7.05 Å². The maximum atomic E-state index is 6.63. The van der Waals surface area contributed by atoms with E-state index in [1.807, 2.05) is 30.3 Å². The minimum Gasteiger partial charge on any atom is -0.382 e. The molecule has 0 aliphatic carbocycles. The molecule has 1 heterocycles. The van der Waals surface area contributed by atoms with Gasteiger partial charge in [-0.15, -0.1) is 0 Å². The molecular formula is C13H33N2O3Si4+. The van der Waals surface area contributed by atoms with Crippen LogP contribution in [-0.2, 0) is 19.4 Å². The molecule has 0 aliphatic heterocycles. The van der Waals surface area contributed by atoms with Crippen molar-refractivity contribution in [1.29, 1.82) is 0 Å². The third-order valence-corrected chi connectivity index (χ3v) is 13.7. The fourth-order valence-electron chi connectivity index (χ4n) is 1.99. The fourth-order valence-corrected chi connectivity index (χ4v) is 14.7. The predicted molar refractivity (Wildman–Crippen MR) is 100 cm³/mol. The molecule has 0 aliphatic rings. The molecule has 128 valence electrons. The Balaban J connectivity index is 3.41. The molecule has 0 aromatic carbocycles. The van der Waals surface area contributed by atoms with E-state index in [4.69, 9.17) is 12.3 Å². The van der Waals surface area contributed by atoms with Gasteiger partial charge < -0.3 is 12.3 Å². The van der Waals surface area contributed by atoms with Crippen LogP contribution in [-0.4, -0.2) is 38.2 Å². The van der Waals surface area contributed by atoms with Crippen LogP contribution in [0.1, 0.15) is 0 Å². The third kappa shape index (κ3) is 6.60. The summed E-state index contributed by atoms with van der Waals surface area (Å²) >= 11 is 0. The highest BCUT2D eigenvalue weighted by atomic mass is 28.5. The summed E-state index contributed by atoms with van der Waals surface area (Å²) in [6.45, 7) is 19.7. The van der Waals surface area contributed by atoms with Gasteiger partial charge in [-0.05, 0) is 58.9 Å². The minimum absolute atomic E-state index is 1.84. The lowest BCUT2D eigenvalue weighted by Crippen LogP contribution is -2.65. The predicted octanol–water partition coefficient (Wildman–Crippen LogP) is 3.15. The first-order valence-electron chi connectivity index (χ1n) is 7.76. The molecule has 0 radical (unpaired) electrons. The van der Waals surface area contributed by atoms with Crippen molar-refractivity contribution in [3.05, 3.63) is 18.7 Å². The number of nitrogens with zero attached hydrogens (tertiary/aromatic N) is 2. The van der Waals surface area contributed by atoms with Crippen molar-refractivity contribution in [1.82, 2.24) is 4.23 Å². The van der Waals surface area contributed by atoms with E-state index in [1.54, 1.807) is 0 Å². The Morgan fingerprint density at radius 2 is 1.09 bits per heavy atom. The molecule has 0 fully saturated rings. The number of imidazole rings is 1. The molecule has 1 aromatic heterocycles. The highest BCUT2D eigenvalue weighted by Crippen LogP contribution is 2.26. The number of hydrogen-bond donors (Lipinski definition) is 0. The first kappa shape index (κ1) is 20.0. The lowest BCUT2D eigenvalue weighted by atomic mass is 10.9. The lowest BCUT2D eigenvalue weighted by molar-refractivity contribution is -0.670. The second-order valence-electron chi connectivity index (χ2n) is 8.65. The molecule has 5 nitrogen and oxygen atoms in total. The average molecular weight is 378 g/mol. The van der Waals surface area contributed by atoms with Crippen LogP contribution in [0, 0.1) is 0 Å². The van der Waals surface area contributed by atoms with E-state index in [2.05, 4.69) is 63.2 Å². The summed E-state index contributed by atoms with van der Waals surface area (Å²) < 4.78 is 24.0. The van der Waals surface area contributed by atoms with Crippen LogP contribution < -0.4 is 4.57 Å². The number of aromatic nitrogens is 2. The molecule has 0 atom stereocenters. The highest BCUT2D eigenvalue weighted by Gasteiger charge is 2.59. The zero-order valence-electron chi connectivity index (χ0n) is 15.9. The maximum Gasteiger partial charge on any atom is 0.725 e. The van der Waals surface area contributed by atoms with E-state index >= 15 is 0 Å². The zero-order chi connectivity index (χ0) is 17.4. The van der Waals surface area contributed by atoms with Crippen LogP contribution >= 0.6 is 0 Å². The third-order valence-electron chi connectivity index (χ3n) is 2.39. The molecule has 0 amide bonds. The van der Waals surface area contributed by atoms with Gasteiger partial charge in [0.25, 0.3) is 0 Å². The van der Waals surface area contributed by atoms with Crippen molar-refractivity contribution in [2.75, 3.05) is 0 Å². The van der Waals surface area contributed by atoms with Gasteiger partial charge in [-0.3, -0.25) is 0 Å². The van der Waals surface area contributed by atoms with E-state index in [-0.39, 0.29) is 0 Å². The molecule has 1 aromatic rings. The monoisotopic (exact) mass is 377 g/mol. The standard InChI is InChI=1S/C13H33N2O3Si4/c1-14-11-12-15(13-14)22(16-19(2,3)4,17-20(5,6)7)18-21(8,9)10/h11-13H,1-10H3/q+1. The van der Waals surface area contributed by atoms with Crippen LogP contribution in [0.4, 0.5) is 0 Å². The number of aryl methyl sites for hydroxylation is 1. The second kappa shape index (κ2) is 6.46. The SMILES string of the molecule is C[n+]1ccn([Si](O[Si](C)(C)C)(O[Si](C)(C)C)O[Si](C)(C)C)c1. The topological polar surface area (TPSA) is 36.5 Å². The van der Waals surface area contributed by atoms with Crippen molar-refractivity contribution in [2.24, 2.45) is 7.05 Å². The van der Waals surface area contributed by atoms with Crippen molar-refractivity contribution in [2.45, 2.75) is 58.9 Å². The Labute approximate surface area is 140 Å². The first-order valence-corrected chi connectivity index (χ1v) is 19.7. The molecule has 0 bridgehead atoms. The Morgan fingerprint density at radius 1 is 0.727 bits per heavy atom. The van der Waals surface area contributed by atoms with E-state index in [0.717, 1.165) is 0 Å². The van der Waals surface area contributed by atoms with E-state index in [1.165, 1.54) is 0 Å². The van der Waals surface area contributed by atoms with Gasteiger partial charge in [-0.2, -0.15) is 0 Å². The fraction of sp³-hybridized carbons (Fsp3) is 0.769. The zero-order valence-corrected chi connectivity index (χ0v) is 19.9. The van der Waals surface area contributed by atoms with Gasteiger partial charge in [0.15, 0.2) is 25.0 Å². The highest BCUT2D eigenvalue weighted by molar-refractivity contribution is 6.89. The van der Waals surface area contributed by atoms with Crippen molar-refractivity contribution < 1.29 is 16.9 Å². The van der Waals surface area contributed by atoms with Crippen LogP contribution in [0.15, 0.2) is 18.7 Å². The molecule has 0 saturated heterocycles.